The minimum atomic E-state index is -0.108. The molecule has 3 aromatic rings. The molecule has 0 saturated heterocycles. The number of fused-ring (bicyclic) bond motifs is 1. The van der Waals surface area contributed by atoms with E-state index in [0.717, 1.165) is 22.5 Å². The molecule has 0 spiro atoms. The zero-order valence-electron chi connectivity index (χ0n) is 16.2. The van der Waals surface area contributed by atoms with E-state index in [2.05, 4.69) is 10.3 Å². The van der Waals surface area contributed by atoms with E-state index in [4.69, 9.17) is 9.47 Å². The molecule has 27 heavy (non-hydrogen) atoms. The van der Waals surface area contributed by atoms with Gasteiger partial charge in [0.05, 0.1) is 19.9 Å². The molecule has 142 valence electrons. The van der Waals surface area contributed by atoms with Gasteiger partial charge in [-0.15, -0.1) is 0 Å². The van der Waals surface area contributed by atoms with E-state index in [1.807, 2.05) is 54.8 Å². The summed E-state index contributed by atoms with van der Waals surface area (Å²) in [6, 6.07) is 9.74. The zero-order valence-corrected chi connectivity index (χ0v) is 16.2. The predicted molar refractivity (Wildman–Crippen MR) is 105 cm³/mol. The summed E-state index contributed by atoms with van der Waals surface area (Å²) >= 11 is 0. The molecule has 0 aliphatic heterocycles. The third kappa shape index (κ3) is 3.89. The van der Waals surface area contributed by atoms with E-state index in [9.17, 15) is 4.79 Å². The van der Waals surface area contributed by atoms with Crippen molar-refractivity contribution < 1.29 is 14.3 Å². The lowest BCUT2D eigenvalue weighted by Gasteiger charge is -2.10. The molecule has 0 aliphatic rings. The second kappa shape index (κ2) is 8.12. The number of carbonyl (C=O) groups excluding carboxylic acids is 1. The Bertz CT molecular complexity index is 963. The lowest BCUT2D eigenvalue weighted by atomic mass is 10.1. The number of methoxy groups -OCH3 is 2. The predicted octanol–water partition coefficient (Wildman–Crippen LogP) is 3.19. The highest BCUT2D eigenvalue weighted by molar-refractivity contribution is 5.94. The summed E-state index contributed by atoms with van der Waals surface area (Å²) in [6.45, 7) is 4.55. The Hall–Kier alpha value is -3.02. The first-order valence-corrected chi connectivity index (χ1v) is 9.04. The van der Waals surface area contributed by atoms with Gasteiger partial charge < -0.3 is 14.8 Å². The fourth-order valence-corrected chi connectivity index (χ4v) is 3.12. The minimum Gasteiger partial charge on any atom is -0.493 e. The standard InChI is InChI=1S/C21H25N3O3/c1-5-16-20(24-11-9-14(2)12-19(24)23-16)21(25)22-10-8-15-6-7-17(26-3)18(13-15)27-4/h6-7,9,11-13H,5,8,10H2,1-4H3,(H,22,25). The van der Waals surface area contributed by atoms with E-state index >= 15 is 0 Å². The fourth-order valence-electron chi connectivity index (χ4n) is 3.12. The van der Waals surface area contributed by atoms with Gasteiger partial charge in [-0.3, -0.25) is 9.20 Å². The van der Waals surface area contributed by atoms with Crippen molar-refractivity contribution in [1.82, 2.24) is 14.7 Å². The molecular weight excluding hydrogens is 342 g/mol. The first kappa shape index (κ1) is 18.8. The maximum absolute atomic E-state index is 12.8. The summed E-state index contributed by atoms with van der Waals surface area (Å²) in [4.78, 5) is 17.4. The van der Waals surface area contributed by atoms with Gasteiger partial charge in [0.1, 0.15) is 11.3 Å². The second-order valence-corrected chi connectivity index (χ2v) is 6.39. The lowest BCUT2D eigenvalue weighted by Crippen LogP contribution is -2.27. The largest absolute Gasteiger partial charge is 0.493 e. The Morgan fingerprint density at radius 1 is 1.15 bits per heavy atom. The van der Waals surface area contributed by atoms with Crippen LogP contribution in [-0.4, -0.2) is 36.1 Å². The maximum Gasteiger partial charge on any atom is 0.270 e. The van der Waals surface area contributed by atoms with Gasteiger partial charge in [0.25, 0.3) is 5.91 Å². The van der Waals surface area contributed by atoms with Crippen LogP contribution in [0.5, 0.6) is 11.5 Å². The fraction of sp³-hybridized carbons (Fsp3) is 0.333. The number of aromatic nitrogens is 2. The SMILES string of the molecule is CCc1nc2cc(C)ccn2c1C(=O)NCCc1ccc(OC)c(OC)c1. The number of carbonyl (C=O) groups is 1. The van der Waals surface area contributed by atoms with E-state index in [-0.39, 0.29) is 5.91 Å². The van der Waals surface area contributed by atoms with Crippen LogP contribution in [0.2, 0.25) is 0 Å². The number of amides is 1. The van der Waals surface area contributed by atoms with E-state index in [1.165, 1.54) is 0 Å². The van der Waals surface area contributed by atoms with Crippen molar-refractivity contribution >= 4 is 11.6 Å². The summed E-state index contributed by atoms with van der Waals surface area (Å²) in [5.74, 6) is 1.27. The Balaban J connectivity index is 1.72. The highest BCUT2D eigenvalue weighted by Crippen LogP contribution is 2.27. The molecule has 1 amide bonds. The molecule has 0 saturated carbocycles. The number of hydrogen-bond donors (Lipinski definition) is 1. The number of aryl methyl sites for hydroxylation is 2. The Labute approximate surface area is 159 Å². The van der Waals surface area contributed by atoms with E-state index in [1.54, 1.807) is 14.2 Å². The summed E-state index contributed by atoms with van der Waals surface area (Å²) in [5.41, 5.74) is 4.41. The number of nitrogens with one attached hydrogen (secondary N) is 1. The maximum atomic E-state index is 12.8. The van der Waals surface area contributed by atoms with E-state index in [0.29, 0.717) is 36.6 Å². The third-order valence-corrected chi connectivity index (χ3v) is 4.55. The number of hydrogen-bond acceptors (Lipinski definition) is 4. The minimum absolute atomic E-state index is 0.108. The van der Waals surface area contributed by atoms with Gasteiger partial charge in [0, 0.05) is 12.7 Å². The van der Waals surface area contributed by atoms with Crippen LogP contribution >= 0.6 is 0 Å². The number of ether oxygens (including phenoxy) is 2. The van der Waals surface area contributed by atoms with Crippen LogP contribution < -0.4 is 14.8 Å². The van der Waals surface area contributed by atoms with Crippen LogP contribution in [-0.2, 0) is 12.8 Å². The van der Waals surface area contributed by atoms with Gasteiger partial charge in [-0.1, -0.05) is 13.0 Å². The highest BCUT2D eigenvalue weighted by atomic mass is 16.5. The summed E-state index contributed by atoms with van der Waals surface area (Å²) in [5, 5.41) is 3.01. The number of nitrogens with zero attached hydrogens (tertiary/aromatic N) is 2. The molecule has 6 nitrogen and oxygen atoms in total. The van der Waals surface area contributed by atoms with Crippen molar-refractivity contribution in [3.63, 3.8) is 0 Å². The Morgan fingerprint density at radius 3 is 2.63 bits per heavy atom. The molecule has 0 atom stereocenters. The molecule has 0 radical (unpaired) electrons. The highest BCUT2D eigenvalue weighted by Gasteiger charge is 2.18. The Morgan fingerprint density at radius 2 is 1.93 bits per heavy atom. The third-order valence-electron chi connectivity index (χ3n) is 4.55. The summed E-state index contributed by atoms with van der Waals surface area (Å²) in [7, 11) is 3.22. The van der Waals surface area contributed by atoms with Crippen molar-refractivity contribution in [2.45, 2.75) is 26.7 Å². The van der Waals surface area contributed by atoms with Crippen molar-refractivity contribution in [2.24, 2.45) is 0 Å². The van der Waals surface area contributed by atoms with Gasteiger partial charge in [0.15, 0.2) is 11.5 Å². The summed E-state index contributed by atoms with van der Waals surface area (Å²) < 4.78 is 12.4. The van der Waals surface area contributed by atoms with Gasteiger partial charge in [0.2, 0.25) is 0 Å². The molecule has 2 aromatic heterocycles. The summed E-state index contributed by atoms with van der Waals surface area (Å²) in [6.07, 6.45) is 3.31. The normalized spacial score (nSPS) is 10.8. The van der Waals surface area contributed by atoms with Crippen molar-refractivity contribution in [1.29, 1.82) is 0 Å². The van der Waals surface area contributed by atoms with Crippen LogP contribution in [0.4, 0.5) is 0 Å². The molecule has 6 heteroatoms. The monoisotopic (exact) mass is 367 g/mol. The molecule has 3 rings (SSSR count). The van der Waals surface area contributed by atoms with Crippen LogP contribution in [0.15, 0.2) is 36.5 Å². The molecule has 0 unspecified atom stereocenters. The average Bonchev–Trinajstić information content (AvgIpc) is 3.05. The first-order valence-electron chi connectivity index (χ1n) is 9.04. The number of benzene rings is 1. The van der Waals surface area contributed by atoms with Gasteiger partial charge >= 0.3 is 0 Å². The number of rotatable bonds is 7. The topological polar surface area (TPSA) is 64.9 Å². The van der Waals surface area contributed by atoms with Crippen molar-refractivity contribution in [2.75, 3.05) is 20.8 Å². The van der Waals surface area contributed by atoms with Crippen LogP contribution in [0.25, 0.3) is 5.65 Å². The molecule has 0 aliphatic carbocycles. The smallest absolute Gasteiger partial charge is 0.270 e. The first-order chi connectivity index (χ1) is 13.1. The molecule has 1 aromatic carbocycles. The van der Waals surface area contributed by atoms with E-state index < -0.39 is 0 Å². The van der Waals surface area contributed by atoms with Gasteiger partial charge in [-0.05, 0) is 55.2 Å². The quantitative estimate of drug-likeness (QED) is 0.696. The second-order valence-electron chi connectivity index (χ2n) is 6.39. The van der Waals surface area contributed by atoms with Crippen LogP contribution in [0.3, 0.4) is 0 Å². The van der Waals surface area contributed by atoms with Gasteiger partial charge in [-0.2, -0.15) is 0 Å². The van der Waals surface area contributed by atoms with Crippen molar-refractivity contribution in [3.05, 3.63) is 59.0 Å². The Kier molecular flexibility index (Phi) is 5.64. The zero-order chi connectivity index (χ0) is 19.4. The average molecular weight is 367 g/mol. The lowest BCUT2D eigenvalue weighted by molar-refractivity contribution is 0.0947. The molecule has 0 bridgehead atoms. The van der Waals surface area contributed by atoms with Gasteiger partial charge in [-0.25, -0.2) is 4.98 Å². The molecular formula is C21H25N3O3. The molecule has 1 N–H and O–H groups in total. The molecule has 0 fully saturated rings. The number of imidazole rings is 1. The van der Waals surface area contributed by atoms with Crippen molar-refractivity contribution in [3.8, 4) is 11.5 Å². The van der Waals surface area contributed by atoms with Crippen LogP contribution in [0, 0.1) is 6.92 Å². The van der Waals surface area contributed by atoms with Crippen LogP contribution in [0.1, 0.15) is 34.2 Å². The molecule has 2 heterocycles. The number of pyridine rings is 1.